The molecule has 0 spiro atoms. The largest absolute Gasteiger partial charge is 0.362 e. The van der Waals surface area contributed by atoms with E-state index in [-0.39, 0.29) is 6.04 Å². The van der Waals surface area contributed by atoms with Gasteiger partial charge < -0.3 is 10.6 Å². The number of aryl methyl sites for hydroxylation is 2. The number of rotatable bonds is 5. The van der Waals surface area contributed by atoms with Crippen LogP contribution in [0.4, 0.5) is 5.82 Å². The lowest BCUT2D eigenvalue weighted by Crippen LogP contribution is -2.27. The first-order valence-corrected chi connectivity index (χ1v) is 8.48. The molecule has 0 unspecified atom stereocenters. The molecule has 2 aromatic rings. The number of aromatic nitrogens is 4. The Morgan fingerprint density at radius 3 is 2.78 bits per heavy atom. The zero-order valence-corrected chi connectivity index (χ0v) is 14.2. The Bertz CT molecular complexity index is 644. The Labute approximate surface area is 137 Å². The summed E-state index contributed by atoms with van der Waals surface area (Å²) in [6.07, 6.45) is 5.11. The van der Waals surface area contributed by atoms with Crippen molar-refractivity contribution in [3.8, 4) is 0 Å². The number of hydrogen-bond donors (Lipinski definition) is 2. The van der Waals surface area contributed by atoms with Crippen LogP contribution in [0, 0.1) is 6.92 Å². The summed E-state index contributed by atoms with van der Waals surface area (Å²) in [4.78, 5) is 9.26. The zero-order valence-electron chi connectivity index (χ0n) is 14.2. The summed E-state index contributed by atoms with van der Waals surface area (Å²) in [7, 11) is 1.98. The standard InChI is InChI=1S/C17H26N6/c1-4-14(16-7-10-19-23(16)3)22-17-11-15(20-12(2)21-17)13-5-8-18-9-6-13/h7,10-11,13-14,18H,4-6,8-9H2,1-3H3,(H,20,21,22)/t14-/m0/s1. The van der Waals surface area contributed by atoms with Gasteiger partial charge in [-0.15, -0.1) is 0 Å². The summed E-state index contributed by atoms with van der Waals surface area (Å²) in [6.45, 7) is 6.29. The molecule has 6 nitrogen and oxygen atoms in total. The third-order valence-corrected chi connectivity index (χ3v) is 4.56. The van der Waals surface area contributed by atoms with Gasteiger partial charge in [0, 0.05) is 30.9 Å². The number of nitrogens with zero attached hydrogens (tertiary/aromatic N) is 4. The van der Waals surface area contributed by atoms with Crippen LogP contribution >= 0.6 is 0 Å². The third kappa shape index (κ3) is 3.69. The zero-order chi connectivity index (χ0) is 16.2. The number of piperidine rings is 1. The minimum absolute atomic E-state index is 0.206. The van der Waals surface area contributed by atoms with E-state index < -0.39 is 0 Å². The van der Waals surface area contributed by atoms with Gasteiger partial charge in [-0.2, -0.15) is 5.10 Å². The summed E-state index contributed by atoms with van der Waals surface area (Å²) >= 11 is 0. The minimum Gasteiger partial charge on any atom is -0.362 e. The monoisotopic (exact) mass is 314 g/mol. The predicted molar refractivity (Wildman–Crippen MR) is 91.5 cm³/mol. The van der Waals surface area contributed by atoms with Crippen molar-refractivity contribution in [1.82, 2.24) is 25.1 Å². The molecule has 124 valence electrons. The summed E-state index contributed by atoms with van der Waals surface area (Å²) in [5, 5.41) is 11.2. The molecule has 0 aliphatic carbocycles. The molecule has 3 heterocycles. The van der Waals surface area contributed by atoms with Crippen molar-refractivity contribution >= 4 is 5.82 Å². The van der Waals surface area contributed by atoms with Gasteiger partial charge >= 0.3 is 0 Å². The molecule has 6 heteroatoms. The highest BCUT2D eigenvalue weighted by atomic mass is 15.3. The first-order chi connectivity index (χ1) is 11.2. The van der Waals surface area contributed by atoms with Crippen molar-refractivity contribution < 1.29 is 0 Å². The number of nitrogens with one attached hydrogen (secondary N) is 2. The quantitative estimate of drug-likeness (QED) is 0.888. The topological polar surface area (TPSA) is 67.7 Å². The Balaban J connectivity index is 1.81. The molecule has 1 fully saturated rings. The fourth-order valence-electron chi connectivity index (χ4n) is 3.28. The van der Waals surface area contributed by atoms with E-state index >= 15 is 0 Å². The van der Waals surface area contributed by atoms with Gasteiger partial charge in [-0.05, 0) is 45.3 Å². The average molecular weight is 314 g/mol. The molecule has 0 radical (unpaired) electrons. The second kappa shape index (κ2) is 7.08. The highest BCUT2D eigenvalue weighted by molar-refractivity contribution is 5.39. The molecule has 0 amide bonds. The first-order valence-electron chi connectivity index (χ1n) is 8.48. The minimum atomic E-state index is 0.206. The van der Waals surface area contributed by atoms with Crippen LogP contribution in [0.5, 0.6) is 0 Å². The third-order valence-electron chi connectivity index (χ3n) is 4.56. The molecule has 1 aliphatic rings. The van der Waals surface area contributed by atoms with E-state index in [1.54, 1.807) is 0 Å². The van der Waals surface area contributed by atoms with E-state index in [0.717, 1.165) is 44.0 Å². The van der Waals surface area contributed by atoms with Gasteiger partial charge in [-0.25, -0.2) is 9.97 Å². The van der Waals surface area contributed by atoms with Crippen molar-refractivity contribution in [3.63, 3.8) is 0 Å². The lowest BCUT2D eigenvalue weighted by atomic mass is 9.94. The van der Waals surface area contributed by atoms with Gasteiger partial charge in [-0.3, -0.25) is 4.68 Å². The highest BCUT2D eigenvalue weighted by Crippen LogP contribution is 2.27. The van der Waals surface area contributed by atoms with Crippen molar-refractivity contribution in [2.24, 2.45) is 7.05 Å². The summed E-state index contributed by atoms with van der Waals surface area (Å²) in [5.41, 5.74) is 2.34. The molecular formula is C17H26N6. The highest BCUT2D eigenvalue weighted by Gasteiger charge is 2.19. The predicted octanol–water partition coefficient (Wildman–Crippen LogP) is 2.55. The van der Waals surface area contributed by atoms with Crippen LogP contribution in [0.1, 0.15) is 55.4 Å². The van der Waals surface area contributed by atoms with Crippen LogP contribution in [0.15, 0.2) is 18.3 Å². The van der Waals surface area contributed by atoms with Gasteiger partial charge in [0.15, 0.2) is 0 Å². The summed E-state index contributed by atoms with van der Waals surface area (Å²) in [5.74, 6) is 2.29. The van der Waals surface area contributed by atoms with Crippen LogP contribution in [-0.4, -0.2) is 32.8 Å². The molecule has 2 N–H and O–H groups in total. The SMILES string of the molecule is CC[C@H](Nc1cc(C2CCNCC2)nc(C)n1)c1ccnn1C. The molecule has 23 heavy (non-hydrogen) atoms. The summed E-state index contributed by atoms with van der Waals surface area (Å²) < 4.78 is 1.92. The maximum atomic E-state index is 4.67. The van der Waals surface area contributed by atoms with E-state index in [2.05, 4.69) is 44.8 Å². The number of anilines is 1. The smallest absolute Gasteiger partial charge is 0.130 e. The maximum Gasteiger partial charge on any atom is 0.130 e. The normalized spacial score (nSPS) is 17.2. The van der Waals surface area contributed by atoms with E-state index in [9.17, 15) is 0 Å². The molecule has 0 bridgehead atoms. The van der Waals surface area contributed by atoms with E-state index in [0.29, 0.717) is 5.92 Å². The second-order valence-corrected chi connectivity index (χ2v) is 6.23. The molecule has 0 aromatic carbocycles. The molecule has 0 saturated carbocycles. The van der Waals surface area contributed by atoms with Crippen LogP contribution in [-0.2, 0) is 7.05 Å². The van der Waals surface area contributed by atoms with Crippen LogP contribution in [0.25, 0.3) is 0 Å². The van der Waals surface area contributed by atoms with E-state index in [1.807, 2.05) is 24.9 Å². The van der Waals surface area contributed by atoms with E-state index in [1.165, 1.54) is 11.4 Å². The van der Waals surface area contributed by atoms with Crippen molar-refractivity contribution in [2.75, 3.05) is 18.4 Å². The lowest BCUT2D eigenvalue weighted by molar-refractivity contribution is 0.452. The van der Waals surface area contributed by atoms with Gasteiger partial charge in [0.05, 0.1) is 11.7 Å². The van der Waals surface area contributed by atoms with Gasteiger partial charge in [0.25, 0.3) is 0 Å². The maximum absolute atomic E-state index is 4.67. The Morgan fingerprint density at radius 1 is 1.35 bits per heavy atom. The van der Waals surface area contributed by atoms with Gasteiger partial charge in [-0.1, -0.05) is 6.92 Å². The fraction of sp³-hybridized carbons (Fsp3) is 0.588. The Kier molecular flexibility index (Phi) is 4.91. The summed E-state index contributed by atoms with van der Waals surface area (Å²) in [6, 6.07) is 4.39. The second-order valence-electron chi connectivity index (χ2n) is 6.23. The number of hydrogen-bond acceptors (Lipinski definition) is 5. The van der Waals surface area contributed by atoms with Crippen molar-refractivity contribution in [3.05, 3.63) is 35.5 Å². The molecule has 3 rings (SSSR count). The Hall–Kier alpha value is -1.95. The van der Waals surface area contributed by atoms with Gasteiger partial charge in [0.2, 0.25) is 0 Å². The molecule has 1 saturated heterocycles. The molecule has 2 aromatic heterocycles. The van der Waals surface area contributed by atoms with Crippen LogP contribution in [0.3, 0.4) is 0 Å². The van der Waals surface area contributed by atoms with Crippen LogP contribution in [0.2, 0.25) is 0 Å². The molecule has 1 atom stereocenters. The first kappa shape index (κ1) is 15.9. The van der Waals surface area contributed by atoms with E-state index in [4.69, 9.17) is 0 Å². The molecular weight excluding hydrogens is 288 g/mol. The lowest BCUT2D eigenvalue weighted by Gasteiger charge is -2.23. The fourth-order valence-corrected chi connectivity index (χ4v) is 3.28. The van der Waals surface area contributed by atoms with Crippen molar-refractivity contribution in [1.29, 1.82) is 0 Å². The van der Waals surface area contributed by atoms with Crippen molar-refractivity contribution in [2.45, 2.75) is 45.1 Å². The Morgan fingerprint density at radius 2 is 2.13 bits per heavy atom. The van der Waals surface area contributed by atoms with Gasteiger partial charge in [0.1, 0.15) is 11.6 Å². The molecule has 1 aliphatic heterocycles. The average Bonchev–Trinajstić information content (AvgIpc) is 2.99. The van der Waals surface area contributed by atoms with Crippen LogP contribution < -0.4 is 10.6 Å².